The normalized spacial score (nSPS) is 18.1. The highest BCUT2D eigenvalue weighted by Crippen LogP contribution is 2.26. The van der Waals surface area contributed by atoms with Gasteiger partial charge in [-0.15, -0.1) is 0 Å². The fourth-order valence-electron chi connectivity index (χ4n) is 3.70. The minimum absolute atomic E-state index is 0.0282. The Morgan fingerprint density at radius 2 is 1.79 bits per heavy atom. The van der Waals surface area contributed by atoms with Crippen LogP contribution in [0.15, 0.2) is 54.6 Å². The van der Waals surface area contributed by atoms with Crippen molar-refractivity contribution in [1.82, 2.24) is 10.2 Å². The topological polar surface area (TPSA) is 78.9 Å². The van der Waals surface area contributed by atoms with Crippen LogP contribution in [0.4, 0.5) is 0 Å². The van der Waals surface area contributed by atoms with Gasteiger partial charge >= 0.3 is 5.97 Å². The summed E-state index contributed by atoms with van der Waals surface area (Å²) in [6, 6.07) is 18.2. The van der Waals surface area contributed by atoms with Crippen LogP contribution in [-0.2, 0) is 16.0 Å². The molecule has 1 aliphatic rings. The van der Waals surface area contributed by atoms with Crippen molar-refractivity contribution in [2.45, 2.75) is 38.3 Å². The van der Waals surface area contributed by atoms with E-state index in [1.807, 2.05) is 54.3 Å². The Labute approximate surface area is 171 Å². The largest absolute Gasteiger partial charge is 0.483 e. The Balaban J connectivity index is 1.45. The maximum absolute atomic E-state index is 12.3. The molecule has 2 aromatic rings. The summed E-state index contributed by atoms with van der Waals surface area (Å²) >= 11 is 0. The third kappa shape index (κ3) is 6.06. The van der Waals surface area contributed by atoms with Crippen LogP contribution in [0.5, 0.6) is 5.75 Å². The number of carboxylic acids is 1. The van der Waals surface area contributed by atoms with Gasteiger partial charge in [0, 0.05) is 18.5 Å². The number of carbonyl (C=O) groups excluding carboxylic acids is 1. The molecule has 154 valence electrons. The highest BCUT2D eigenvalue weighted by Gasteiger charge is 2.34. The Kier molecular flexibility index (Phi) is 7.25. The number of benzene rings is 2. The van der Waals surface area contributed by atoms with E-state index in [0.717, 1.165) is 30.6 Å². The van der Waals surface area contributed by atoms with Crippen LogP contribution < -0.4 is 10.1 Å². The lowest BCUT2D eigenvalue weighted by Gasteiger charge is -2.42. The van der Waals surface area contributed by atoms with Gasteiger partial charge in [0.05, 0.1) is 6.54 Å². The lowest BCUT2D eigenvalue weighted by Crippen LogP contribution is -2.55. The highest BCUT2D eigenvalue weighted by molar-refractivity contribution is 5.78. The van der Waals surface area contributed by atoms with Crippen LogP contribution in [-0.4, -0.2) is 53.7 Å². The molecule has 0 bridgehead atoms. The molecule has 0 spiro atoms. The Bertz CT molecular complexity index is 819. The van der Waals surface area contributed by atoms with Crippen molar-refractivity contribution in [1.29, 1.82) is 0 Å². The average Bonchev–Trinajstić information content (AvgIpc) is 2.69. The van der Waals surface area contributed by atoms with Gasteiger partial charge in [-0.1, -0.05) is 55.5 Å². The zero-order valence-corrected chi connectivity index (χ0v) is 16.7. The van der Waals surface area contributed by atoms with E-state index in [4.69, 9.17) is 9.84 Å². The fourth-order valence-corrected chi connectivity index (χ4v) is 3.70. The monoisotopic (exact) mass is 396 g/mol. The molecule has 1 aliphatic carbocycles. The lowest BCUT2D eigenvalue weighted by atomic mass is 9.85. The smallest absolute Gasteiger partial charge is 0.317 e. The highest BCUT2D eigenvalue weighted by atomic mass is 16.5. The molecule has 0 aromatic heterocycles. The summed E-state index contributed by atoms with van der Waals surface area (Å²) in [6.45, 7) is 2.66. The van der Waals surface area contributed by atoms with Crippen LogP contribution in [0.2, 0.25) is 0 Å². The average molecular weight is 396 g/mol. The molecule has 3 rings (SSSR count). The van der Waals surface area contributed by atoms with E-state index in [1.165, 1.54) is 5.56 Å². The molecule has 0 atom stereocenters. The maximum atomic E-state index is 12.3. The predicted octanol–water partition coefficient (Wildman–Crippen LogP) is 2.71. The first-order valence-corrected chi connectivity index (χ1v) is 10.0. The quantitative estimate of drug-likeness (QED) is 0.646. The molecule has 0 saturated heterocycles. The summed E-state index contributed by atoms with van der Waals surface area (Å²) < 4.78 is 5.79. The number of hydrogen-bond acceptors (Lipinski definition) is 4. The molecule has 2 N–H and O–H groups in total. The second kappa shape index (κ2) is 10.1. The summed E-state index contributed by atoms with van der Waals surface area (Å²) in [5, 5.41) is 11.9. The number of nitrogens with zero attached hydrogens (tertiary/aromatic N) is 1. The minimum atomic E-state index is -0.818. The zero-order valence-electron chi connectivity index (χ0n) is 16.7. The number of aliphatic carboxylic acids is 1. The second-order valence-corrected chi connectivity index (χ2v) is 7.41. The number of para-hydroxylation sites is 1. The number of rotatable bonds is 10. The van der Waals surface area contributed by atoms with Crippen LogP contribution in [0.1, 0.15) is 30.9 Å². The number of likely N-dealkylation sites (N-methyl/N-ethyl adjacent to an activating group) is 1. The van der Waals surface area contributed by atoms with E-state index < -0.39 is 5.97 Å². The van der Waals surface area contributed by atoms with Gasteiger partial charge in [0.2, 0.25) is 0 Å². The summed E-state index contributed by atoms with van der Waals surface area (Å²) in [7, 11) is 0. The first-order chi connectivity index (χ1) is 14.0. The van der Waals surface area contributed by atoms with Crippen LogP contribution in [0.3, 0.4) is 0 Å². The molecule has 0 aliphatic heterocycles. The van der Waals surface area contributed by atoms with Crippen molar-refractivity contribution in [3.63, 3.8) is 0 Å². The Morgan fingerprint density at radius 1 is 1.10 bits per heavy atom. The van der Waals surface area contributed by atoms with Crippen molar-refractivity contribution in [2.75, 3.05) is 19.7 Å². The van der Waals surface area contributed by atoms with Gasteiger partial charge in [-0.3, -0.25) is 14.5 Å². The van der Waals surface area contributed by atoms with Gasteiger partial charge in [0.15, 0.2) is 6.61 Å². The molecular formula is C23H28N2O4. The van der Waals surface area contributed by atoms with Gasteiger partial charge in [0.25, 0.3) is 5.91 Å². The summed E-state index contributed by atoms with van der Waals surface area (Å²) in [5.74, 6) is -0.247. The molecule has 0 radical (unpaired) electrons. The lowest BCUT2D eigenvalue weighted by molar-refractivity contribution is -0.139. The van der Waals surface area contributed by atoms with Gasteiger partial charge in [-0.25, -0.2) is 0 Å². The molecule has 0 unspecified atom stereocenters. The van der Waals surface area contributed by atoms with E-state index in [1.54, 1.807) is 0 Å². The molecule has 1 saturated carbocycles. The van der Waals surface area contributed by atoms with Crippen LogP contribution >= 0.6 is 0 Å². The third-order valence-electron chi connectivity index (χ3n) is 5.31. The SMILES string of the molecule is CCN(CC(=O)O)C1CC(NC(=O)COc2ccccc2Cc2ccccc2)C1. The summed E-state index contributed by atoms with van der Waals surface area (Å²) in [6.07, 6.45) is 2.30. The van der Waals surface area contributed by atoms with Crippen molar-refractivity contribution in [2.24, 2.45) is 0 Å². The van der Waals surface area contributed by atoms with Crippen LogP contribution in [0, 0.1) is 0 Å². The number of carbonyl (C=O) groups is 2. The molecule has 1 amide bonds. The summed E-state index contributed by atoms with van der Waals surface area (Å²) in [4.78, 5) is 25.1. The number of amides is 1. The van der Waals surface area contributed by atoms with E-state index in [0.29, 0.717) is 6.54 Å². The third-order valence-corrected chi connectivity index (χ3v) is 5.31. The Morgan fingerprint density at radius 3 is 2.48 bits per heavy atom. The molecule has 1 fully saturated rings. The fraction of sp³-hybridized carbons (Fsp3) is 0.391. The number of nitrogens with one attached hydrogen (secondary N) is 1. The van der Waals surface area contributed by atoms with E-state index in [9.17, 15) is 9.59 Å². The molecule has 6 heteroatoms. The van der Waals surface area contributed by atoms with Crippen molar-refractivity contribution in [3.05, 3.63) is 65.7 Å². The van der Waals surface area contributed by atoms with Crippen molar-refractivity contribution < 1.29 is 19.4 Å². The Hall–Kier alpha value is -2.86. The molecule has 0 heterocycles. The zero-order chi connectivity index (χ0) is 20.6. The molecule has 2 aromatic carbocycles. The minimum Gasteiger partial charge on any atom is -0.483 e. The van der Waals surface area contributed by atoms with Gasteiger partial charge in [-0.2, -0.15) is 0 Å². The van der Waals surface area contributed by atoms with Gasteiger partial charge in [0.1, 0.15) is 5.75 Å². The second-order valence-electron chi connectivity index (χ2n) is 7.41. The first-order valence-electron chi connectivity index (χ1n) is 10.0. The molecular weight excluding hydrogens is 368 g/mol. The summed E-state index contributed by atoms with van der Waals surface area (Å²) in [5.41, 5.74) is 2.23. The predicted molar refractivity (Wildman–Crippen MR) is 111 cm³/mol. The standard InChI is InChI=1S/C23H28N2O4/c1-2-25(15-23(27)28)20-13-19(14-20)24-22(26)16-29-21-11-7-6-10-18(21)12-17-8-4-3-5-9-17/h3-11,19-20H,2,12-16H2,1H3,(H,24,26)(H,27,28). The first kappa shape index (κ1) is 20.9. The van der Waals surface area contributed by atoms with Gasteiger partial charge in [-0.05, 0) is 36.6 Å². The van der Waals surface area contributed by atoms with Crippen molar-refractivity contribution >= 4 is 11.9 Å². The number of ether oxygens (including phenoxy) is 1. The maximum Gasteiger partial charge on any atom is 0.317 e. The van der Waals surface area contributed by atoms with E-state index in [2.05, 4.69) is 17.4 Å². The number of carboxylic acid groups (broad SMARTS) is 1. The van der Waals surface area contributed by atoms with E-state index >= 15 is 0 Å². The van der Waals surface area contributed by atoms with Gasteiger partial charge < -0.3 is 15.2 Å². The molecule has 29 heavy (non-hydrogen) atoms. The molecule has 6 nitrogen and oxygen atoms in total. The number of hydrogen-bond donors (Lipinski definition) is 2. The van der Waals surface area contributed by atoms with Crippen LogP contribution in [0.25, 0.3) is 0 Å². The van der Waals surface area contributed by atoms with Crippen molar-refractivity contribution in [3.8, 4) is 5.75 Å². The van der Waals surface area contributed by atoms with E-state index in [-0.39, 0.29) is 31.1 Å².